The molecule has 1 heterocycles. The topological polar surface area (TPSA) is 81.9 Å². The van der Waals surface area contributed by atoms with Crippen LogP contribution in [0.5, 0.6) is 5.75 Å². The first-order valence-corrected chi connectivity index (χ1v) is 7.44. The summed E-state index contributed by atoms with van der Waals surface area (Å²) in [5.41, 5.74) is 0.609. The molecule has 2 rings (SSSR count). The quantitative estimate of drug-likeness (QED) is 0.756. The van der Waals surface area contributed by atoms with E-state index in [9.17, 15) is 9.59 Å². The Labute approximate surface area is 140 Å². The first-order chi connectivity index (χ1) is 11.5. The summed E-state index contributed by atoms with van der Waals surface area (Å²) in [7, 11) is 2.84. The van der Waals surface area contributed by atoms with Crippen molar-refractivity contribution in [3.05, 3.63) is 47.7 Å². The number of aromatic nitrogens is 1. The van der Waals surface area contributed by atoms with Crippen molar-refractivity contribution in [3.63, 3.8) is 0 Å². The van der Waals surface area contributed by atoms with Gasteiger partial charge in [0.15, 0.2) is 5.69 Å². The molecule has 2 aromatic rings. The maximum Gasteiger partial charge on any atom is 0.360 e. The second kappa shape index (κ2) is 7.63. The van der Waals surface area contributed by atoms with Crippen LogP contribution in [-0.2, 0) is 11.3 Å². The zero-order valence-corrected chi connectivity index (χ0v) is 14.1. The molecule has 128 valence electrons. The zero-order valence-electron chi connectivity index (χ0n) is 14.1. The molecule has 0 radical (unpaired) electrons. The van der Waals surface area contributed by atoms with Crippen molar-refractivity contribution in [1.82, 2.24) is 9.88 Å². The van der Waals surface area contributed by atoms with E-state index in [0.29, 0.717) is 11.3 Å². The van der Waals surface area contributed by atoms with Crippen molar-refractivity contribution in [1.29, 1.82) is 0 Å². The summed E-state index contributed by atoms with van der Waals surface area (Å²) in [6.45, 7) is 3.94. The van der Waals surface area contributed by atoms with Gasteiger partial charge in [0.25, 0.3) is 5.91 Å². The van der Waals surface area contributed by atoms with Crippen molar-refractivity contribution in [2.75, 3.05) is 14.2 Å². The Bertz CT molecular complexity index is 706. The monoisotopic (exact) mass is 332 g/mol. The van der Waals surface area contributed by atoms with Gasteiger partial charge in [-0.1, -0.05) is 0 Å². The van der Waals surface area contributed by atoms with Crippen LogP contribution in [0.15, 0.2) is 34.9 Å². The van der Waals surface area contributed by atoms with E-state index in [1.807, 2.05) is 13.8 Å². The molecule has 1 amide bonds. The van der Waals surface area contributed by atoms with Gasteiger partial charge in [0.1, 0.15) is 12.0 Å². The zero-order chi connectivity index (χ0) is 17.7. The number of amides is 1. The number of hydrogen-bond donors (Lipinski definition) is 0. The van der Waals surface area contributed by atoms with Crippen molar-refractivity contribution in [3.8, 4) is 5.75 Å². The summed E-state index contributed by atoms with van der Waals surface area (Å²) < 4.78 is 14.9. The Morgan fingerprint density at radius 2 is 1.88 bits per heavy atom. The average molecular weight is 332 g/mol. The van der Waals surface area contributed by atoms with Crippen LogP contribution in [0.4, 0.5) is 0 Å². The smallest absolute Gasteiger partial charge is 0.360 e. The van der Waals surface area contributed by atoms with E-state index in [4.69, 9.17) is 9.15 Å². The van der Waals surface area contributed by atoms with Crippen molar-refractivity contribution in [2.24, 2.45) is 0 Å². The Hall–Kier alpha value is -2.83. The Balaban J connectivity index is 2.17. The molecule has 1 aromatic heterocycles. The third-order valence-electron chi connectivity index (χ3n) is 3.47. The fourth-order valence-electron chi connectivity index (χ4n) is 2.12. The largest absolute Gasteiger partial charge is 0.497 e. The molecule has 0 unspecified atom stereocenters. The molecular formula is C17H20N2O5. The molecule has 0 saturated heterocycles. The lowest BCUT2D eigenvalue weighted by Crippen LogP contribution is -2.36. The van der Waals surface area contributed by atoms with E-state index in [2.05, 4.69) is 9.72 Å². The van der Waals surface area contributed by atoms with E-state index < -0.39 is 5.97 Å². The molecule has 7 nitrogen and oxygen atoms in total. The van der Waals surface area contributed by atoms with Crippen LogP contribution < -0.4 is 4.74 Å². The summed E-state index contributed by atoms with van der Waals surface area (Å²) in [6, 6.07) is 6.78. The number of rotatable bonds is 6. The highest BCUT2D eigenvalue weighted by atomic mass is 16.5. The molecule has 0 N–H and O–H groups in total. The number of esters is 1. The van der Waals surface area contributed by atoms with Gasteiger partial charge in [-0.25, -0.2) is 9.78 Å². The van der Waals surface area contributed by atoms with Crippen LogP contribution in [0.25, 0.3) is 0 Å². The first kappa shape index (κ1) is 17.5. The number of ether oxygens (including phenoxy) is 2. The highest BCUT2D eigenvalue weighted by molar-refractivity contribution is 5.94. The first-order valence-electron chi connectivity index (χ1n) is 7.44. The number of nitrogens with zero attached hydrogens (tertiary/aromatic N) is 2. The van der Waals surface area contributed by atoms with Gasteiger partial charge < -0.3 is 18.8 Å². The predicted octanol–water partition coefficient (Wildman–Crippen LogP) is 2.52. The van der Waals surface area contributed by atoms with E-state index in [1.54, 1.807) is 36.3 Å². The minimum atomic E-state index is -0.581. The van der Waals surface area contributed by atoms with Gasteiger partial charge in [-0.2, -0.15) is 0 Å². The van der Waals surface area contributed by atoms with Crippen LogP contribution in [0.1, 0.15) is 40.6 Å². The molecule has 0 bridgehead atoms. The molecular weight excluding hydrogens is 312 g/mol. The summed E-state index contributed by atoms with van der Waals surface area (Å²) in [6.07, 6.45) is 1.22. The molecule has 1 aromatic carbocycles. The molecule has 0 saturated carbocycles. The van der Waals surface area contributed by atoms with E-state index in [1.165, 1.54) is 13.4 Å². The lowest BCUT2D eigenvalue weighted by atomic mass is 10.1. The summed E-state index contributed by atoms with van der Waals surface area (Å²) in [5, 5.41) is 0. The Morgan fingerprint density at radius 1 is 1.21 bits per heavy atom. The maximum atomic E-state index is 12.7. The summed E-state index contributed by atoms with van der Waals surface area (Å²) in [4.78, 5) is 29.8. The molecule has 0 spiro atoms. The Morgan fingerprint density at radius 3 is 2.42 bits per heavy atom. The van der Waals surface area contributed by atoms with E-state index in [-0.39, 0.29) is 30.1 Å². The SMILES string of the molecule is COC(=O)c1coc(CN(C(=O)c2ccc(OC)cc2)C(C)C)n1. The minimum absolute atomic E-state index is 0.0759. The third-order valence-corrected chi connectivity index (χ3v) is 3.47. The van der Waals surface area contributed by atoms with Gasteiger partial charge in [0.2, 0.25) is 5.89 Å². The van der Waals surface area contributed by atoms with Gasteiger partial charge in [0.05, 0.1) is 20.8 Å². The Kier molecular flexibility index (Phi) is 5.57. The van der Waals surface area contributed by atoms with Crippen LogP contribution >= 0.6 is 0 Å². The molecule has 0 atom stereocenters. The lowest BCUT2D eigenvalue weighted by molar-refractivity contribution is 0.0593. The summed E-state index contributed by atoms with van der Waals surface area (Å²) >= 11 is 0. The highest BCUT2D eigenvalue weighted by Gasteiger charge is 2.22. The predicted molar refractivity (Wildman–Crippen MR) is 85.8 cm³/mol. The molecule has 0 fully saturated rings. The second-order valence-electron chi connectivity index (χ2n) is 5.37. The van der Waals surface area contributed by atoms with Crippen LogP contribution in [0.2, 0.25) is 0 Å². The van der Waals surface area contributed by atoms with Gasteiger partial charge in [-0.3, -0.25) is 4.79 Å². The fourth-order valence-corrected chi connectivity index (χ4v) is 2.12. The van der Waals surface area contributed by atoms with Gasteiger partial charge in [-0.05, 0) is 38.1 Å². The average Bonchev–Trinajstić information content (AvgIpc) is 3.07. The molecule has 7 heteroatoms. The standard InChI is InChI=1S/C17H20N2O5/c1-11(2)19(9-15-18-14(10-24-15)17(21)23-4)16(20)12-5-7-13(22-3)8-6-12/h5-8,10-11H,9H2,1-4H3. The maximum absolute atomic E-state index is 12.7. The number of benzene rings is 1. The molecule has 0 aliphatic carbocycles. The van der Waals surface area contributed by atoms with Crippen LogP contribution in [0.3, 0.4) is 0 Å². The summed E-state index contributed by atoms with van der Waals surface area (Å²) in [5.74, 6) is 0.206. The van der Waals surface area contributed by atoms with Gasteiger partial charge >= 0.3 is 5.97 Å². The number of carbonyl (C=O) groups excluding carboxylic acids is 2. The second-order valence-corrected chi connectivity index (χ2v) is 5.37. The fraction of sp³-hybridized carbons (Fsp3) is 0.353. The van der Waals surface area contributed by atoms with Crippen LogP contribution in [0, 0.1) is 0 Å². The lowest BCUT2D eigenvalue weighted by Gasteiger charge is -2.25. The molecule has 24 heavy (non-hydrogen) atoms. The van der Waals surface area contributed by atoms with Gasteiger partial charge in [0, 0.05) is 11.6 Å². The van der Waals surface area contributed by atoms with Crippen LogP contribution in [-0.4, -0.2) is 42.0 Å². The number of oxazole rings is 1. The molecule has 0 aliphatic rings. The number of hydrogen-bond acceptors (Lipinski definition) is 6. The highest BCUT2D eigenvalue weighted by Crippen LogP contribution is 2.17. The number of carbonyl (C=O) groups is 2. The van der Waals surface area contributed by atoms with Crippen molar-refractivity contribution < 1.29 is 23.5 Å². The normalized spacial score (nSPS) is 10.5. The van der Waals surface area contributed by atoms with Crippen molar-refractivity contribution in [2.45, 2.75) is 26.4 Å². The van der Waals surface area contributed by atoms with Crippen molar-refractivity contribution >= 4 is 11.9 Å². The van der Waals surface area contributed by atoms with Gasteiger partial charge in [-0.15, -0.1) is 0 Å². The third kappa shape index (κ3) is 3.92. The minimum Gasteiger partial charge on any atom is -0.497 e. The molecule has 0 aliphatic heterocycles. The number of methoxy groups -OCH3 is 2. The van der Waals surface area contributed by atoms with E-state index >= 15 is 0 Å². The van der Waals surface area contributed by atoms with E-state index in [0.717, 1.165) is 0 Å².